The van der Waals surface area contributed by atoms with Crippen LogP contribution in [0.5, 0.6) is 17.4 Å². The van der Waals surface area contributed by atoms with Crippen molar-refractivity contribution in [3.63, 3.8) is 0 Å². The highest BCUT2D eigenvalue weighted by Crippen LogP contribution is 2.28. The van der Waals surface area contributed by atoms with Crippen LogP contribution < -0.4 is 14.6 Å². The Morgan fingerprint density at radius 1 is 1.10 bits per heavy atom. The van der Waals surface area contributed by atoms with Crippen molar-refractivity contribution >= 4 is 23.7 Å². The molecule has 0 aliphatic rings. The lowest BCUT2D eigenvalue weighted by atomic mass is 10.1. The van der Waals surface area contributed by atoms with Gasteiger partial charge in [0.2, 0.25) is 5.88 Å². The van der Waals surface area contributed by atoms with E-state index in [1.54, 1.807) is 48.5 Å². The first-order valence-corrected chi connectivity index (χ1v) is 9.25. The van der Waals surface area contributed by atoms with Crippen LogP contribution in [0, 0.1) is 18.3 Å². The van der Waals surface area contributed by atoms with Crippen LogP contribution in [0.15, 0.2) is 69.6 Å². The number of aromatic nitrogens is 1. The van der Waals surface area contributed by atoms with Gasteiger partial charge in [-0.05, 0) is 31.2 Å². The summed E-state index contributed by atoms with van der Waals surface area (Å²) < 4.78 is 11.2. The first kappa shape index (κ1) is 20.9. The van der Waals surface area contributed by atoms with E-state index < -0.39 is 11.4 Å². The SMILES string of the molecule is Cc1c(C#N)c(O)n(C)c(=O)c1N=Nc1cccc(OSOOc2ccccc2)c1. The van der Waals surface area contributed by atoms with Gasteiger partial charge >= 0.3 is 0 Å². The second kappa shape index (κ2) is 9.60. The number of nitriles is 1. The molecule has 0 aliphatic heterocycles. The monoisotopic (exact) mass is 424 g/mol. The van der Waals surface area contributed by atoms with E-state index in [4.69, 9.17) is 13.4 Å². The highest BCUT2D eigenvalue weighted by molar-refractivity contribution is 7.90. The van der Waals surface area contributed by atoms with E-state index in [2.05, 4.69) is 10.2 Å². The van der Waals surface area contributed by atoms with Crippen LogP contribution in [-0.4, -0.2) is 9.67 Å². The minimum atomic E-state index is -0.567. The minimum absolute atomic E-state index is 0.0323. The van der Waals surface area contributed by atoms with Crippen molar-refractivity contribution in [2.24, 2.45) is 17.3 Å². The molecule has 10 heteroatoms. The average Bonchev–Trinajstić information content (AvgIpc) is 2.77. The predicted molar refractivity (Wildman–Crippen MR) is 110 cm³/mol. The number of hydrogen-bond donors (Lipinski definition) is 1. The highest BCUT2D eigenvalue weighted by Gasteiger charge is 2.16. The number of hydrogen-bond acceptors (Lipinski definition) is 9. The fourth-order valence-electron chi connectivity index (χ4n) is 2.41. The van der Waals surface area contributed by atoms with Crippen molar-refractivity contribution in [1.29, 1.82) is 5.26 Å². The Bertz CT molecular complexity index is 1170. The molecule has 0 bridgehead atoms. The Hall–Kier alpha value is -3.81. The summed E-state index contributed by atoms with van der Waals surface area (Å²) in [5.74, 6) is 0.531. The molecule has 30 heavy (non-hydrogen) atoms. The predicted octanol–water partition coefficient (Wildman–Crippen LogP) is 4.64. The summed E-state index contributed by atoms with van der Waals surface area (Å²) in [7, 11) is 1.35. The number of rotatable bonds is 7. The van der Waals surface area contributed by atoms with Crippen LogP contribution in [-0.2, 0) is 11.4 Å². The first-order chi connectivity index (χ1) is 14.5. The number of pyridine rings is 1. The molecular formula is C20H16N4O5S. The summed E-state index contributed by atoms with van der Waals surface area (Å²) in [6.45, 7) is 1.52. The third-order valence-corrected chi connectivity index (χ3v) is 4.39. The lowest BCUT2D eigenvalue weighted by molar-refractivity contribution is -0.0833. The molecule has 2 aromatic carbocycles. The molecule has 0 spiro atoms. The normalized spacial score (nSPS) is 10.7. The summed E-state index contributed by atoms with van der Waals surface area (Å²) >= 11 is 0.626. The van der Waals surface area contributed by atoms with Crippen LogP contribution in [0.2, 0.25) is 0 Å². The second-order valence-electron chi connectivity index (χ2n) is 5.96. The van der Waals surface area contributed by atoms with Gasteiger partial charge < -0.3 is 14.2 Å². The summed E-state index contributed by atoms with van der Waals surface area (Å²) in [5.41, 5.74) is 0.0193. The largest absolute Gasteiger partial charge is 0.493 e. The molecule has 3 rings (SSSR count). The van der Waals surface area contributed by atoms with Gasteiger partial charge in [-0.2, -0.15) is 10.4 Å². The molecule has 1 N–H and O–H groups in total. The quantitative estimate of drug-likeness (QED) is 0.193. The minimum Gasteiger partial charge on any atom is -0.493 e. The molecule has 152 valence electrons. The maximum absolute atomic E-state index is 12.3. The molecule has 0 aliphatic carbocycles. The van der Waals surface area contributed by atoms with Gasteiger partial charge in [-0.15, -0.1) is 5.11 Å². The van der Waals surface area contributed by atoms with E-state index in [1.165, 1.54) is 14.0 Å². The zero-order valence-electron chi connectivity index (χ0n) is 16.0. The zero-order valence-corrected chi connectivity index (χ0v) is 16.8. The van der Waals surface area contributed by atoms with Gasteiger partial charge in [0.1, 0.15) is 17.4 Å². The summed E-state index contributed by atoms with van der Waals surface area (Å²) in [5, 5.41) is 27.1. The third kappa shape index (κ3) is 4.78. The van der Waals surface area contributed by atoms with Gasteiger partial charge in [0, 0.05) is 18.7 Å². The fraction of sp³-hybridized carbons (Fsp3) is 0.100. The van der Waals surface area contributed by atoms with Gasteiger partial charge in [0.25, 0.3) is 17.9 Å². The Morgan fingerprint density at radius 3 is 2.57 bits per heavy atom. The Morgan fingerprint density at radius 2 is 1.83 bits per heavy atom. The Balaban J connectivity index is 1.70. The van der Waals surface area contributed by atoms with Crippen molar-refractivity contribution in [2.75, 3.05) is 0 Å². The van der Waals surface area contributed by atoms with Crippen LogP contribution >= 0.6 is 12.3 Å². The molecule has 0 amide bonds. The number of para-hydroxylation sites is 1. The van der Waals surface area contributed by atoms with Gasteiger partial charge in [0.05, 0.1) is 5.69 Å². The third-order valence-electron chi connectivity index (χ3n) is 4.01. The molecule has 0 radical (unpaired) electrons. The lowest BCUT2D eigenvalue weighted by Crippen LogP contribution is -2.18. The second-order valence-corrected chi connectivity index (χ2v) is 6.40. The molecule has 0 saturated carbocycles. The lowest BCUT2D eigenvalue weighted by Gasteiger charge is -2.08. The smallest absolute Gasteiger partial charge is 0.281 e. The van der Waals surface area contributed by atoms with Crippen LogP contribution in [0.25, 0.3) is 0 Å². The van der Waals surface area contributed by atoms with Gasteiger partial charge in [-0.3, -0.25) is 9.36 Å². The van der Waals surface area contributed by atoms with E-state index in [9.17, 15) is 15.2 Å². The molecule has 9 nitrogen and oxygen atoms in total. The van der Waals surface area contributed by atoms with Gasteiger partial charge in [-0.25, -0.2) is 0 Å². The Kier molecular flexibility index (Phi) is 6.69. The molecular weight excluding hydrogens is 408 g/mol. The molecule has 1 aromatic heterocycles. The number of aromatic hydroxyl groups is 1. The zero-order chi connectivity index (χ0) is 21.5. The molecule has 0 saturated heterocycles. The van der Waals surface area contributed by atoms with E-state index in [0.717, 1.165) is 4.57 Å². The van der Waals surface area contributed by atoms with Crippen LogP contribution in [0.1, 0.15) is 11.1 Å². The van der Waals surface area contributed by atoms with Gasteiger partial charge in [-0.1, -0.05) is 28.6 Å². The first-order valence-electron chi connectivity index (χ1n) is 8.58. The molecule has 1 heterocycles. The highest BCUT2D eigenvalue weighted by atomic mass is 32.2. The molecule has 0 fully saturated rings. The summed E-state index contributed by atoms with van der Waals surface area (Å²) in [6.07, 6.45) is 0. The summed E-state index contributed by atoms with van der Waals surface area (Å²) in [4.78, 5) is 17.4. The van der Waals surface area contributed by atoms with Crippen LogP contribution in [0.4, 0.5) is 11.4 Å². The van der Waals surface area contributed by atoms with Crippen molar-refractivity contribution < 1.29 is 18.5 Å². The Labute approximate surface area is 176 Å². The van der Waals surface area contributed by atoms with Crippen molar-refractivity contribution in [2.45, 2.75) is 6.92 Å². The molecule has 0 atom stereocenters. The maximum Gasteiger partial charge on any atom is 0.281 e. The van der Waals surface area contributed by atoms with Crippen LogP contribution in [0.3, 0.4) is 0 Å². The van der Waals surface area contributed by atoms with E-state index >= 15 is 0 Å². The van der Waals surface area contributed by atoms with Crippen molar-refractivity contribution in [3.05, 3.63) is 76.1 Å². The fourth-order valence-corrected chi connectivity index (χ4v) is 2.72. The van der Waals surface area contributed by atoms with E-state index in [0.29, 0.717) is 29.5 Å². The number of nitrogens with zero attached hydrogens (tertiary/aromatic N) is 4. The summed E-state index contributed by atoms with van der Waals surface area (Å²) in [6, 6.07) is 17.4. The standard InChI is InChI=1S/C20H16N4O5S/c1-13-17(12-21)19(25)24(2)20(26)18(13)23-22-14-7-6-10-16(11-14)28-30-29-27-15-8-4-3-5-9-15/h3-11,25H,1-2H3. The van der Waals surface area contributed by atoms with Crippen molar-refractivity contribution in [3.8, 4) is 23.4 Å². The molecule has 0 unspecified atom stereocenters. The average molecular weight is 424 g/mol. The topological polar surface area (TPSA) is 118 Å². The van der Waals surface area contributed by atoms with E-state index in [1.807, 2.05) is 12.1 Å². The number of benzene rings is 2. The number of azo groups is 1. The maximum atomic E-state index is 12.3. The van der Waals surface area contributed by atoms with Crippen molar-refractivity contribution in [1.82, 2.24) is 4.57 Å². The van der Waals surface area contributed by atoms with E-state index in [-0.39, 0.29) is 16.8 Å². The molecule has 3 aromatic rings. The van der Waals surface area contributed by atoms with Gasteiger partial charge in [0.15, 0.2) is 11.4 Å².